The van der Waals surface area contributed by atoms with Gasteiger partial charge < -0.3 is 9.72 Å². The van der Waals surface area contributed by atoms with Crippen LogP contribution in [0.15, 0.2) is 12.1 Å². The van der Waals surface area contributed by atoms with Gasteiger partial charge in [-0.15, -0.1) is 0 Å². The average Bonchev–Trinajstić information content (AvgIpc) is 3.09. The molecular weight excluding hydrogens is 264 g/mol. The Bertz CT molecular complexity index is 630. The van der Waals surface area contributed by atoms with Crippen LogP contribution in [-0.2, 0) is 9.53 Å². The Labute approximate surface area is 124 Å². The number of imidazole rings is 1. The maximum atomic E-state index is 12.2. The lowest BCUT2D eigenvalue weighted by Gasteiger charge is -2.18. The third-order valence-electron chi connectivity index (χ3n) is 4.74. The van der Waals surface area contributed by atoms with E-state index in [-0.39, 0.29) is 11.9 Å². The lowest BCUT2D eigenvalue weighted by atomic mass is 9.90. The lowest BCUT2D eigenvalue weighted by Crippen LogP contribution is -2.22. The number of esters is 1. The minimum Gasteiger partial charge on any atom is -0.468 e. The summed E-state index contributed by atoms with van der Waals surface area (Å²) in [5.74, 6) is 0.675. The largest absolute Gasteiger partial charge is 0.468 e. The van der Waals surface area contributed by atoms with Crippen molar-refractivity contribution >= 4 is 17.0 Å². The molecule has 21 heavy (non-hydrogen) atoms. The molecular formula is C17H22N2O2. The molecule has 0 radical (unpaired) electrons. The number of aromatic nitrogens is 2. The Balaban J connectivity index is 2.04. The van der Waals surface area contributed by atoms with Gasteiger partial charge in [0.25, 0.3) is 0 Å². The van der Waals surface area contributed by atoms with E-state index < -0.39 is 0 Å². The fourth-order valence-corrected chi connectivity index (χ4v) is 3.38. The van der Waals surface area contributed by atoms with Crippen molar-refractivity contribution in [1.82, 2.24) is 9.97 Å². The predicted octanol–water partition coefficient (Wildman–Crippen LogP) is 3.63. The second-order valence-electron chi connectivity index (χ2n) is 6.12. The molecule has 1 unspecified atom stereocenters. The first-order valence-corrected chi connectivity index (χ1v) is 7.65. The molecule has 1 N–H and O–H groups in total. The highest BCUT2D eigenvalue weighted by Gasteiger charge is 2.35. The first-order valence-electron chi connectivity index (χ1n) is 7.65. The van der Waals surface area contributed by atoms with Crippen LogP contribution in [0.5, 0.6) is 0 Å². The van der Waals surface area contributed by atoms with E-state index in [1.165, 1.54) is 31.1 Å². The van der Waals surface area contributed by atoms with Gasteiger partial charge in [0.2, 0.25) is 0 Å². The minimum atomic E-state index is -0.259. The number of H-pyrrole nitrogens is 1. The molecule has 1 aliphatic rings. The smallest absolute Gasteiger partial charge is 0.316 e. The highest BCUT2D eigenvalue weighted by molar-refractivity contribution is 5.81. The van der Waals surface area contributed by atoms with E-state index >= 15 is 0 Å². The van der Waals surface area contributed by atoms with Gasteiger partial charge >= 0.3 is 5.97 Å². The van der Waals surface area contributed by atoms with Crippen LogP contribution in [0.3, 0.4) is 0 Å². The Morgan fingerprint density at radius 1 is 1.29 bits per heavy atom. The van der Waals surface area contributed by atoms with E-state index in [1.807, 2.05) is 0 Å². The molecule has 2 aromatic rings. The van der Waals surface area contributed by atoms with Gasteiger partial charge in [0.1, 0.15) is 11.7 Å². The molecule has 0 amide bonds. The van der Waals surface area contributed by atoms with E-state index in [0.29, 0.717) is 5.92 Å². The van der Waals surface area contributed by atoms with Crippen LogP contribution in [0.1, 0.15) is 48.6 Å². The number of nitrogens with one attached hydrogen (secondary N) is 1. The van der Waals surface area contributed by atoms with Crippen molar-refractivity contribution in [3.63, 3.8) is 0 Å². The quantitative estimate of drug-likeness (QED) is 0.877. The van der Waals surface area contributed by atoms with Gasteiger partial charge in [0.15, 0.2) is 0 Å². The summed E-state index contributed by atoms with van der Waals surface area (Å²) in [4.78, 5) is 20.2. The van der Waals surface area contributed by atoms with Crippen molar-refractivity contribution < 1.29 is 9.53 Å². The van der Waals surface area contributed by atoms with Crippen molar-refractivity contribution in [1.29, 1.82) is 0 Å². The van der Waals surface area contributed by atoms with Gasteiger partial charge in [0.05, 0.1) is 18.1 Å². The number of aromatic amines is 1. The lowest BCUT2D eigenvalue weighted by molar-refractivity contribution is -0.144. The molecule has 1 heterocycles. The fraction of sp³-hybridized carbons (Fsp3) is 0.529. The Morgan fingerprint density at radius 3 is 2.62 bits per heavy atom. The molecule has 1 aromatic heterocycles. The van der Waals surface area contributed by atoms with Crippen molar-refractivity contribution in [2.75, 3.05) is 7.11 Å². The summed E-state index contributed by atoms with van der Waals surface area (Å²) >= 11 is 0. The minimum absolute atomic E-state index is 0.172. The number of carbonyl (C=O) groups is 1. The number of hydrogen-bond acceptors (Lipinski definition) is 3. The van der Waals surface area contributed by atoms with Crippen LogP contribution in [0.4, 0.5) is 0 Å². The molecule has 1 atom stereocenters. The summed E-state index contributed by atoms with van der Waals surface area (Å²) in [5, 5.41) is 0. The molecule has 1 aliphatic carbocycles. The van der Waals surface area contributed by atoms with Crippen LogP contribution in [0.25, 0.3) is 11.0 Å². The van der Waals surface area contributed by atoms with E-state index in [1.54, 1.807) is 0 Å². The van der Waals surface area contributed by atoms with Gasteiger partial charge in [-0.05, 0) is 55.9 Å². The molecule has 1 fully saturated rings. The van der Waals surface area contributed by atoms with Crippen LogP contribution in [-0.4, -0.2) is 23.0 Å². The number of nitrogens with zero attached hydrogens (tertiary/aromatic N) is 1. The molecule has 3 rings (SSSR count). The van der Waals surface area contributed by atoms with Crippen molar-refractivity contribution in [2.24, 2.45) is 5.92 Å². The van der Waals surface area contributed by atoms with Gasteiger partial charge in [-0.2, -0.15) is 0 Å². The van der Waals surface area contributed by atoms with Crippen LogP contribution in [0.2, 0.25) is 0 Å². The number of carbonyl (C=O) groups excluding carboxylic acids is 1. The predicted molar refractivity (Wildman–Crippen MR) is 82.3 cm³/mol. The number of methoxy groups -OCH3 is 1. The first-order chi connectivity index (χ1) is 10.1. The highest BCUT2D eigenvalue weighted by atomic mass is 16.5. The second-order valence-corrected chi connectivity index (χ2v) is 6.12. The standard InChI is InChI=1S/C17H22N2O2/c1-10-8-13-14(9-11(10)2)19-16(18-13)15(17(20)21-3)12-6-4-5-7-12/h8-9,12,15H,4-7H2,1-3H3,(H,18,19). The summed E-state index contributed by atoms with van der Waals surface area (Å²) in [7, 11) is 1.46. The molecule has 112 valence electrons. The van der Waals surface area contributed by atoms with Crippen molar-refractivity contribution in [3.05, 3.63) is 29.1 Å². The first kappa shape index (κ1) is 14.1. The van der Waals surface area contributed by atoms with E-state index in [9.17, 15) is 4.79 Å². The molecule has 1 aromatic carbocycles. The molecule has 1 saturated carbocycles. The summed E-state index contributed by atoms with van der Waals surface area (Å²) in [6.07, 6.45) is 4.54. The number of aryl methyl sites for hydroxylation is 2. The normalized spacial score (nSPS) is 17.3. The summed E-state index contributed by atoms with van der Waals surface area (Å²) in [6, 6.07) is 4.18. The third-order valence-corrected chi connectivity index (χ3v) is 4.74. The third kappa shape index (κ3) is 2.55. The van der Waals surface area contributed by atoms with Gasteiger partial charge in [-0.1, -0.05) is 12.8 Å². The second kappa shape index (κ2) is 5.51. The topological polar surface area (TPSA) is 55.0 Å². The van der Waals surface area contributed by atoms with E-state index in [0.717, 1.165) is 29.7 Å². The number of hydrogen-bond donors (Lipinski definition) is 1. The highest BCUT2D eigenvalue weighted by Crippen LogP contribution is 2.37. The Hall–Kier alpha value is -1.84. The van der Waals surface area contributed by atoms with Crippen molar-refractivity contribution in [3.8, 4) is 0 Å². The van der Waals surface area contributed by atoms with Gasteiger partial charge in [-0.25, -0.2) is 4.98 Å². The zero-order valence-corrected chi connectivity index (χ0v) is 12.9. The molecule has 0 aliphatic heterocycles. The molecule has 4 heteroatoms. The summed E-state index contributed by atoms with van der Waals surface area (Å²) < 4.78 is 5.02. The molecule has 0 bridgehead atoms. The van der Waals surface area contributed by atoms with Crippen molar-refractivity contribution in [2.45, 2.75) is 45.4 Å². The molecule has 0 saturated heterocycles. The SMILES string of the molecule is COC(=O)C(c1nc2cc(C)c(C)cc2[nH]1)C1CCCC1. The average molecular weight is 286 g/mol. The zero-order chi connectivity index (χ0) is 15.0. The van der Waals surface area contributed by atoms with Gasteiger partial charge in [0, 0.05) is 0 Å². The maximum absolute atomic E-state index is 12.2. The maximum Gasteiger partial charge on any atom is 0.316 e. The van der Waals surface area contributed by atoms with Crippen LogP contribution in [0, 0.1) is 19.8 Å². The van der Waals surface area contributed by atoms with Crippen LogP contribution >= 0.6 is 0 Å². The summed E-state index contributed by atoms with van der Waals surface area (Å²) in [6.45, 7) is 4.17. The Kier molecular flexibility index (Phi) is 3.70. The monoisotopic (exact) mass is 286 g/mol. The molecule has 4 nitrogen and oxygen atoms in total. The number of ether oxygens (including phenoxy) is 1. The fourth-order valence-electron chi connectivity index (χ4n) is 3.38. The zero-order valence-electron chi connectivity index (χ0n) is 12.9. The molecule has 0 spiro atoms. The number of benzene rings is 1. The Morgan fingerprint density at radius 2 is 1.95 bits per heavy atom. The number of fused-ring (bicyclic) bond motifs is 1. The van der Waals surface area contributed by atoms with E-state index in [2.05, 4.69) is 35.9 Å². The van der Waals surface area contributed by atoms with Crippen LogP contribution < -0.4 is 0 Å². The van der Waals surface area contributed by atoms with Gasteiger partial charge in [-0.3, -0.25) is 4.79 Å². The van der Waals surface area contributed by atoms with E-state index in [4.69, 9.17) is 4.74 Å². The number of rotatable bonds is 3. The summed E-state index contributed by atoms with van der Waals surface area (Å²) in [5.41, 5.74) is 4.38.